The summed E-state index contributed by atoms with van der Waals surface area (Å²) < 4.78 is 40.1. The van der Waals surface area contributed by atoms with Gasteiger partial charge in [-0.3, -0.25) is 4.57 Å². The minimum Gasteiger partial charge on any atom is -0.326 e. The van der Waals surface area contributed by atoms with E-state index in [0.29, 0.717) is 16.9 Å². The molecule has 36 heavy (non-hydrogen) atoms. The first-order valence-corrected chi connectivity index (χ1v) is 17.5. The summed E-state index contributed by atoms with van der Waals surface area (Å²) in [6.07, 6.45) is 22.9. The number of hydrogen-bond donors (Lipinski definition) is 1. The molecule has 0 heterocycles. The average Bonchev–Trinajstić information content (AvgIpc) is 2.87. The molecule has 0 spiro atoms. The summed E-state index contributed by atoms with van der Waals surface area (Å²) in [6.45, 7) is 6.63. The Balaban J connectivity index is 0.00000283. The zero-order chi connectivity index (χ0) is 26.9. The highest BCUT2D eigenvalue weighted by Gasteiger charge is 2.13. The van der Waals surface area contributed by atoms with Gasteiger partial charge in [0.05, 0.1) is 17.3 Å². The van der Waals surface area contributed by atoms with Crippen molar-refractivity contribution in [2.75, 3.05) is 5.75 Å². The molecule has 212 valence electrons. The summed E-state index contributed by atoms with van der Waals surface area (Å²) in [7, 11) is -6.25. The first-order chi connectivity index (χ1) is 17.4. The van der Waals surface area contributed by atoms with Crippen LogP contribution in [0.4, 0.5) is 0 Å². The molecule has 1 rings (SSSR count). The Morgan fingerprint density at radius 3 is 1.39 bits per heavy atom. The maximum atomic E-state index is 12.4. The Bertz CT molecular complexity index is 733. The molecule has 1 atom stereocenters. The van der Waals surface area contributed by atoms with Crippen LogP contribution in [-0.4, -0.2) is 19.1 Å². The van der Waals surface area contributed by atoms with Crippen molar-refractivity contribution < 1.29 is 22.4 Å². The normalized spacial score (nSPS) is 12.2. The van der Waals surface area contributed by atoms with Crippen molar-refractivity contribution in [3.63, 3.8) is 0 Å². The summed E-state index contributed by atoms with van der Waals surface area (Å²) in [5, 5.41) is 0. The Morgan fingerprint density at radius 2 is 1.03 bits per heavy atom. The number of sulfone groups is 1. The van der Waals surface area contributed by atoms with Crippen LogP contribution in [-0.2, 0) is 25.5 Å². The fourth-order valence-corrected chi connectivity index (χ4v) is 5.56. The van der Waals surface area contributed by atoms with Gasteiger partial charge in [-0.2, -0.15) is 0 Å². The molecular weight excluding hydrogens is 491 g/mol. The third-order valence-corrected chi connectivity index (χ3v) is 8.62. The van der Waals surface area contributed by atoms with Crippen molar-refractivity contribution in [1.82, 2.24) is 0 Å². The van der Waals surface area contributed by atoms with Gasteiger partial charge in [-0.25, -0.2) is 8.42 Å². The van der Waals surface area contributed by atoms with Crippen LogP contribution < -0.4 is 0 Å². The lowest BCUT2D eigenvalue weighted by Crippen LogP contribution is -2.07. The first kappa shape index (κ1) is 35.3. The van der Waals surface area contributed by atoms with Crippen molar-refractivity contribution in [2.24, 2.45) is 0 Å². The van der Waals surface area contributed by atoms with Gasteiger partial charge in [0.25, 0.3) is 0 Å². The molecule has 0 radical (unpaired) electrons. The van der Waals surface area contributed by atoms with Gasteiger partial charge in [0.1, 0.15) is 0 Å². The molecule has 0 aromatic heterocycles. The fourth-order valence-electron chi connectivity index (χ4n) is 3.90. The summed E-state index contributed by atoms with van der Waals surface area (Å²) in [6, 6.07) is 6.36. The molecule has 0 fully saturated rings. The monoisotopic (exact) mass is 546 g/mol. The quantitative estimate of drug-likeness (QED) is 0.116. The van der Waals surface area contributed by atoms with E-state index in [1.54, 1.807) is 24.3 Å². The van der Waals surface area contributed by atoms with E-state index in [0.717, 1.165) is 12.8 Å². The smallest absolute Gasteiger partial charge is 0.316 e. The van der Waals surface area contributed by atoms with Crippen LogP contribution in [0.15, 0.2) is 29.2 Å². The Labute approximate surface area is 223 Å². The van der Waals surface area contributed by atoms with Gasteiger partial charge in [0.2, 0.25) is 0 Å². The van der Waals surface area contributed by atoms with E-state index in [9.17, 15) is 13.0 Å². The predicted molar refractivity (Wildman–Crippen MR) is 155 cm³/mol. The zero-order valence-corrected chi connectivity index (χ0v) is 25.3. The average molecular weight is 547 g/mol. The van der Waals surface area contributed by atoms with Crippen molar-refractivity contribution in [2.45, 2.75) is 148 Å². The van der Waals surface area contributed by atoms with E-state index >= 15 is 0 Å². The minimum absolute atomic E-state index is 0.00769. The molecule has 1 aromatic rings. The standard InChI is InChI=1S/C25H45O5PS.C4H10/c1-2-3-4-5-6-7-8-9-10-11-12-13-14-15-16-17-22-32(28,29)25-20-18-24(19-21-25)23-30-31(26)27;1-3-4-2/h18-21,31H,2-17,22-23H2,1H3,(H,26,27);3-4H2,1-2H3. The van der Waals surface area contributed by atoms with Gasteiger partial charge in [0, 0.05) is 0 Å². The molecule has 5 nitrogen and oxygen atoms in total. The molecule has 0 aliphatic rings. The lowest BCUT2D eigenvalue weighted by Gasteiger charge is -2.06. The predicted octanol–water partition coefficient (Wildman–Crippen LogP) is 9.43. The van der Waals surface area contributed by atoms with Gasteiger partial charge in [-0.1, -0.05) is 142 Å². The van der Waals surface area contributed by atoms with Gasteiger partial charge in [-0.15, -0.1) is 0 Å². The highest BCUT2D eigenvalue weighted by molar-refractivity contribution is 7.91. The molecule has 1 aromatic carbocycles. The second-order valence-electron chi connectivity index (χ2n) is 9.82. The van der Waals surface area contributed by atoms with E-state index in [-0.39, 0.29) is 12.4 Å². The van der Waals surface area contributed by atoms with Gasteiger partial charge in [0.15, 0.2) is 9.84 Å². The third-order valence-electron chi connectivity index (χ3n) is 6.41. The van der Waals surface area contributed by atoms with Crippen LogP contribution in [0.3, 0.4) is 0 Å². The van der Waals surface area contributed by atoms with Gasteiger partial charge >= 0.3 is 8.25 Å². The van der Waals surface area contributed by atoms with Crippen LogP contribution in [0.5, 0.6) is 0 Å². The third kappa shape index (κ3) is 21.4. The van der Waals surface area contributed by atoms with Crippen molar-refractivity contribution >= 4 is 18.1 Å². The Kier molecular flexibility index (Phi) is 24.2. The zero-order valence-electron chi connectivity index (χ0n) is 23.4. The van der Waals surface area contributed by atoms with Crippen LogP contribution in [0, 0.1) is 0 Å². The number of unbranched alkanes of at least 4 members (excludes halogenated alkanes) is 16. The number of rotatable bonds is 22. The molecule has 1 N–H and O–H groups in total. The highest BCUT2D eigenvalue weighted by atomic mass is 32.2. The molecule has 0 bridgehead atoms. The second kappa shape index (κ2) is 24.6. The van der Waals surface area contributed by atoms with Gasteiger partial charge in [-0.05, 0) is 24.1 Å². The molecular formula is C29H55O5PS. The van der Waals surface area contributed by atoms with E-state index in [4.69, 9.17) is 4.89 Å². The summed E-state index contributed by atoms with van der Waals surface area (Å²) in [5.74, 6) is 0.172. The van der Waals surface area contributed by atoms with E-state index in [2.05, 4.69) is 25.3 Å². The molecule has 0 saturated heterocycles. The fraction of sp³-hybridized carbons (Fsp3) is 0.793. The first-order valence-electron chi connectivity index (χ1n) is 14.5. The molecule has 7 heteroatoms. The van der Waals surface area contributed by atoms with Crippen molar-refractivity contribution in [3.8, 4) is 0 Å². The molecule has 0 aliphatic carbocycles. The number of hydrogen-bond acceptors (Lipinski definition) is 4. The molecule has 0 aliphatic heterocycles. The summed E-state index contributed by atoms with van der Waals surface area (Å²) in [4.78, 5) is 9.00. The SMILES string of the molecule is CCCC.CCCCCCCCCCCCCCCCCCS(=O)(=O)c1ccc(CO[PH](=O)O)cc1. The van der Waals surface area contributed by atoms with Crippen molar-refractivity contribution in [3.05, 3.63) is 29.8 Å². The van der Waals surface area contributed by atoms with E-state index in [1.807, 2.05) is 0 Å². The minimum atomic E-state index is -3.27. The maximum absolute atomic E-state index is 12.4. The molecule has 0 amide bonds. The van der Waals surface area contributed by atoms with Gasteiger partial charge < -0.3 is 9.42 Å². The largest absolute Gasteiger partial charge is 0.326 e. The van der Waals surface area contributed by atoms with Crippen molar-refractivity contribution in [1.29, 1.82) is 0 Å². The second-order valence-corrected chi connectivity index (χ2v) is 12.8. The molecule has 1 unspecified atom stereocenters. The highest BCUT2D eigenvalue weighted by Crippen LogP contribution is 2.20. The lowest BCUT2D eigenvalue weighted by molar-refractivity contribution is 0.272. The topological polar surface area (TPSA) is 80.7 Å². The van der Waals surface area contributed by atoms with Crippen LogP contribution in [0.2, 0.25) is 0 Å². The van der Waals surface area contributed by atoms with E-state index < -0.39 is 18.1 Å². The number of benzene rings is 1. The maximum Gasteiger partial charge on any atom is 0.316 e. The van der Waals surface area contributed by atoms with Crippen LogP contribution >= 0.6 is 8.25 Å². The van der Waals surface area contributed by atoms with Crippen LogP contribution in [0.25, 0.3) is 0 Å². The summed E-state index contributed by atoms with van der Waals surface area (Å²) in [5.41, 5.74) is 0.679. The van der Waals surface area contributed by atoms with Crippen LogP contribution in [0.1, 0.15) is 142 Å². The lowest BCUT2D eigenvalue weighted by atomic mass is 10.0. The van der Waals surface area contributed by atoms with E-state index in [1.165, 1.54) is 96.3 Å². The Morgan fingerprint density at radius 1 is 0.639 bits per heavy atom. The summed E-state index contributed by atoms with van der Waals surface area (Å²) >= 11 is 0. The Hall–Kier alpha value is -0.680. The molecule has 0 saturated carbocycles.